The maximum absolute atomic E-state index is 12.1. The predicted octanol–water partition coefficient (Wildman–Crippen LogP) is 2.42. The van der Waals surface area contributed by atoms with Crippen molar-refractivity contribution in [1.82, 2.24) is 0 Å². The summed E-state index contributed by atoms with van der Waals surface area (Å²) in [5.41, 5.74) is 7.39. The van der Waals surface area contributed by atoms with Crippen LogP contribution in [0.1, 0.15) is 43.2 Å². The number of hydrogen-bond acceptors (Lipinski definition) is 4. The van der Waals surface area contributed by atoms with Crippen molar-refractivity contribution in [2.45, 2.75) is 46.1 Å². The van der Waals surface area contributed by atoms with Gasteiger partial charge in [-0.1, -0.05) is 20.8 Å². The highest BCUT2D eigenvalue weighted by atomic mass is 32.1. The molecular formula is C14H19N3OS. The second kappa shape index (κ2) is 4.95. The van der Waals surface area contributed by atoms with Gasteiger partial charge in [0.1, 0.15) is 11.1 Å². The molecule has 1 aliphatic rings. The molecule has 1 atom stereocenters. The zero-order valence-electron chi connectivity index (χ0n) is 11.5. The minimum atomic E-state index is -0.587. The van der Waals surface area contributed by atoms with Crippen LogP contribution in [0.25, 0.3) is 0 Å². The summed E-state index contributed by atoms with van der Waals surface area (Å²) < 4.78 is 0. The van der Waals surface area contributed by atoms with Gasteiger partial charge in [-0.05, 0) is 30.2 Å². The lowest BCUT2D eigenvalue weighted by atomic mass is 9.87. The Labute approximate surface area is 117 Å². The van der Waals surface area contributed by atoms with E-state index in [1.165, 1.54) is 16.2 Å². The van der Waals surface area contributed by atoms with Crippen molar-refractivity contribution >= 4 is 22.2 Å². The van der Waals surface area contributed by atoms with E-state index in [0.717, 1.165) is 24.8 Å². The van der Waals surface area contributed by atoms with E-state index in [1.54, 1.807) is 0 Å². The number of carbonyl (C=O) groups excluding carboxylic acids is 1. The molecule has 1 aliphatic carbocycles. The molecule has 102 valence electrons. The third kappa shape index (κ3) is 2.65. The lowest BCUT2D eigenvalue weighted by molar-refractivity contribution is -0.119. The van der Waals surface area contributed by atoms with E-state index in [1.807, 2.05) is 20.8 Å². The quantitative estimate of drug-likeness (QED) is 0.871. The van der Waals surface area contributed by atoms with Crippen LogP contribution in [-0.4, -0.2) is 11.9 Å². The van der Waals surface area contributed by atoms with Crippen molar-refractivity contribution in [2.75, 3.05) is 5.32 Å². The molecule has 1 aromatic heterocycles. The van der Waals surface area contributed by atoms with Crippen molar-refractivity contribution < 1.29 is 4.79 Å². The van der Waals surface area contributed by atoms with Crippen molar-refractivity contribution in [1.29, 1.82) is 5.26 Å². The molecule has 1 aromatic rings. The predicted molar refractivity (Wildman–Crippen MR) is 77.1 cm³/mol. The number of carbonyl (C=O) groups is 1. The molecule has 5 heteroatoms. The summed E-state index contributed by atoms with van der Waals surface area (Å²) in [5, 5.41) is 12.8. The van der Waals surface area contributed by atoms with Crippen LogP contribution in [0, 0.1) is 16.7 Å². The van der Waals surface area contributed by atoms with Gasteiger partial charge in [0.2, 0.25) is 5.91 Å². The van der Waals surface area contributed by atoms with Gasteiger partial charge in [0.15, 0.2) is 0 Å². The van der Waals surface area contributed by atoms with E-state index in [9.17, 15) is 10.1 Å². The topological polar surface area (TPSA) is 78.9 Å². The number of rotatable bonds is 2. The maximum Gasteiger partial charge on any atom is 0.242 e. The van der Waals surface area contributed by atoms with E-state index in [4.69, 9.17) is 5.73 Å². The van der Waals surface area contributed by atoms with E-state index >= 15 is 0 Å². The summed E-state index contributed by atoms with van der Waals surface area (Å²) >= 11 is 1.52. The summed E-state index contributed by atoms with van der Waals surface area (Å²) in [6.07, 6.45) is 3.05. The summed E-state index contributed by atoms with van der Waals surface area (Å²) in [5.74, 6) is -0.219. The molecule has 4 nitrogen and oxygen atoms in total. The van der Waals surface area contributed by atoms with Gasteiger partial charge in [0.25, 0.3) is 0 Å². The molecule has 19 heavy (non-hydrogen) atoms. The van der Waals surface area contributed by atoms with Gasteiger partial charge in [-0.3, -0.25) is 4.79 Å². The van der Waals surface area contributed by atoms with Gasteiger partial charge in [-0.25, -0.2) is 0 Å². The van der Waals surface area contributed by atoms with Gasteiger partial charge < -0.3 is 11.1 Å². The molecule has 0 aromatic carbocycles. The maximum atomic E-state index is 12.1. The van der Waals surface area contributed by atoms with Gasteiger partial charge in [-0.2, -0.15) is 5.26 Å². The Morgan fingerprint density at radius 1 is 1.47 bits per heavy atom. The van der Waals surface area contributed by atoms with Crippen LogP contribution in [0.4, 0.5) is 5.00 Å². The molecule has 1 heterocycles. The third-order valence-electron chi connectivity index (χ3n) is 3.49. The van der Waals surface area contributed by atoms with Crippen LogP contribution >= 0.6 is 11.3 Å². The number of anilines is 1. The lowest BCUT2D eigenvalue weighted by Gasteiger charge is -2.25. The van der Waals surface area contributed by atoms with E-state index in [0.29, 0.717) is 10.6 Å². The fourth-order valence-corrected chi connectivity index (χ4v) is 3.44. The molecular weight excluding hydrogens is 258 g/mol. The number of thiophene rings is 1. The monoisotopic (exact) mass is 277 g/mol. The van der Waals surface area contributed by atoms with Crippen LogP contribution in [0.5, 0.6) is 0 Å². The summed E-state index contributed by atoms with van der Waals surface area (Å²) in [4.78, 5) is 13.3. The standard InChI is InChI=1S/C14H19N3OS/c1-14(2,3)11(16)12(18)17-13-9(7-15)8-5-4-6-10(8)19-13/h11H,4-6,16H2,1-3H3,(H,17,18)/t11-/m1/s1. The minimum absolute atomic E-state index is 0.219. The minimum Gasteiger partial charge on any atom is -0.319 e. The average molecular weight is 277 g/mol. The number of nitrogens with zero attached hydrogens (tertiary/aromatic N) is 1. The van der Waals surface area contributed by atoms with Crippen molar-refractivity contribution in [3.05, 3.63) is 16.0 Å². The zero-order valence-corrected chi connectivity index (χ0v) is 12.4. The highest BCUT2D eigenvalue weighted by Gasteiger charge is 2.29. The SMILES string of the molecule is CC(C)(C)[C@H](N)C(=O)Nc1sc2c(c1C#N)CCC2. The molecule has 1 amide bonds. The Hall–Kier alpha value is -1.38. The van der Waals surface area contributed by atoms with Gasteiger partial charge in [0.05, 0.1) is 11.6 Å². The van der Waals surface area contributed by atoms with Crippen LogP contribution in [-0.2, 0) is 17.6 Å². The molecule has 0 bridgehead atoms. The van der Waals surface area contributed by atoms with Crippen LogP contribution in [0.15, 0.2) is 0 Å². The Morgan fingerprint density at radius 2 is 2.16 bits per heavy atom. The molecule has 0 aliphatic heterocycles. The molecule has 2 rings (SSSR count). The van der Waals surface area contributed by atoms with Crippen molar-refractivity contribution in [2.24, 2.45) is 11.1 Å². The van der Waals surface area contributed by atoms with E-state index in [-0.39, 0.29) is 11.3 Å². The third-order valence-corrected chi connectivity index (χ3v) is 4.69. The number of hydrogen-bond donors (Lipinski definition) is 2. The number of nitrogens with two attached hydrogens (primary N) is 1. The van der Waals surface area contributed by atoms with Gasteiger partial charge >= 0.3 is 0 Å². The second-order valence-corrected chi connectivity index (χ2v) is 7.11. The largest absolute Gasteiger partial charge is 0.319 e. The fraction of sp³-hybridized carbons (Fsp3) is 0.571. The average Bonchev–Trinajstić information content (AvgIpc) is 2.86. The number of aryl methyl sites for hydroxylation is 1. The molecule has 0 fully saturated rings. The molecule has 0 radical (unpaired) electrons. The number of nitrogens with one attached hydrogen (secondary N) is 1. The normalized spacial score (nSPS) is 15.7. The molecule has 0 spiro atoms. The Kier molecular flexibility index (Phi) is 3.66. The highest BCUT2D eigenvalue weighted by molar-refractivity contribution is 7.16. The van der Waals surface area contributed by atoms with Crippen LogP contribution in [0.2, 0.25) is 0 Å². The zero-order chi connectivity index (χ0) is 14.2. The number of fused-ring (bicyclic) bond motifs is 1. The molecule has 0 saturated heterocycles. The first-order valence-electron chi connectivity index (χ1n) is 6.45. The second-order valence-electron chi connectivity index (χ2n) is 6.01. The summed E-state index contributed by atoms with van der Waals surface area (Å²) in [6.45, 7) is 5.78. The van der Waals surface area contributed by atoms with Gasteiger partial charge in [-0.15, -0.1) is 11.3 Å². The van der Waals surface area contributed by atoms with Crippen molar-refractivity contribution in [3.63, 3.8) is 0 Å². The Bertz CT molecular complexity index is 548. The smallest absolute Gasteiger partial charge is 0.242 e. The number of nitriles is 1. The first-order valence-corrected chi connectivity index (χ1v) is 7.27. The van der Waals surface area contributed by atoms with E-state index < -0.39 is 6.04 Å². The first kappa shape index (κ1) is 14.0. The molecule has 0 unspecified atom stereocenters. The molecule has 0 saturated carbocycles. The fourth-order valence-electron chi connectivity index (χ4n) is 2.19. The number of amides is 1. The van der Waals surface area contributed by atoms with Crippen LogP contribution < -0.4 is 11.1 Å². The van der Waals surface area contributed by atoms with E-state index in [2.05, 4.69) is 11.4 Å². The van der Waals surface area contributed by atoms with Crippen LogP contribution in [0.3, 0.4) is 0 Å². The van der Waals surface area contributed by atoms with Crippen molar-refractivity contribution in [3.8, 4) is 6.07 Å². The molecule has 3 N–H and O–H groups in total. The summed E-state index contributed by atoms with van der Waals surface area (Å²) in [6, 6.07) is 1.63. The Morgan fingerprint density at radius 3 is 2.74 bits per heavy atom. The first-order chi connectivity index (χ1) is 8.84. The highest BCUT2D eigenvalue weighted by Crippen LogP contribution is 2.38. The Balaban J connectivity index is 2.21. The lowest BCUT2D eigenvalue weighted by Crippen LogP contribution is -2.45. The van der Waals surface area contributed by atoms with Gasteiger partial charge in [0, 0.05) is 4.88 Å². The summed E-state index contributed by atoms with van der Waals surface area (Å²) in [7, 11) is 0.